The highest BCUT2D eigenvalue weighted by molar-refractivity contribution is 5.33. The van der Waals surface area contributed by atoms with Crippen LogP contribution in [0.15, 0.2) is 24.3 Å². The summed E-state index contributed by atoms with van der Waals surface area (Å²) in [6, 6.07) is 6.55. The van der Waals surface area contributed by atoms with Gasteiger partial charge in [0.25, 0.3) is 5.69 Å². The van der Waals surface area contributed by atoms with Gasteiger partial charge in [-0.05, 0) is 12.5 Å². The number of hydrogen-bond acceptors (Lipinski definition) is 4. The predicted molar refractivity (Wildman–Crippen MR) is 59.2 cm³/mol. The van der Waals surface area contributed by atoms with Gasteiger partial charge in [0.05, 0.1) is 17.1 Å². The molecule has 0 radical (unpaired) electrons. The van der Waals surface area contributed by atoms with Crippen LogP contribution in [-0.2, 0) is 11.3 Å². The van der Waals surface area contributed by atoms with E-state index in [4.69, 9.17) is 4.74 Å². The van der Waals surface area contributed by atoms with E-state index in [9.17, 15) is 10.1 Å². The average Bonchev–Trinajstić information content (AvgIpc) is 2.24. The van der Waals surface area contributed by atoms with Crippen molar-refractivity contribution in [1.82, 2.24) is 5.32 Å². The smallest absolute Gasteiger partial charge is 0.269 e. The number of nitro groups is 1. The third-order valence-corrected chi connectivity index (χ3v) is 2.71. The van der Waals surface area contributed by atoms with E-state index < -0.39 is 4.92 Å². The molecule has 0 bridgehead atoms. The summed E-state index contributed by atoms with van der Waals surface area (Å²) in [5.74, 6) is 0. The van der Waals surface area contributed by atoms with E-state index >= 15 is 0 Å². The Morgan fingerprint density at radius 3 is 2.88 bits per heavy atom. The Hall–Kier alpha value is -1.46. The summed E-state index contributed by atoms with van der Waals surface area (Å²) in [6.07, 6.45) is 0. The summed E-state index contributed by atoms with van der Waals surface area (Å²) >= 11 is 0. The molecule has 0 aromatic heterocycles. The molecule has 5 heteroatoms. The largest absolute Gasteiger partial charge is 0.368 e. The summed E-state index contributed by atoms with van der Waals surface area (Å²) in [7, 11) is 0. The Balaban J connectivity index is 1.98. The van der Waals surface area contributed by atoms with Gasteiger partial charge in [-0.15, -0.1) is 0 Å². The summed E-state index contributed by atoms with van der Waals surface area (Å²) in [6.45, 7) is 4.12. The number of nitrogens with zero attached hydrogens (tertiary/aromatic N) is 1. The van der Waals surface area contributed by atoms with Crippen LogP contribution in [0.4, 0.5) is 5.69 Å². The summed E-state index contributed by atoms with van der Waals surface area (Å²) in [5.41, 5.74) is 0.824. The van der Waals surface area contributed by atoms with Crippen molar-refractivity contribution in [2.45, 2.75) is 19.1 Å². The average molecular weight is 222 g/mol. The molecular weight excluding hydrogens is 208 g/mol. The monoisotopic (exact) mass is 222 g/mol. The molecule has 1 aromatic rings. The minimum Gasteiger partial charge on any atom is -0.368 e. The van der Waals surface area contributed by atoms with Gasteiger partial charge in [0, 0.05) is 25.2 Å². The van der Waals surface area contributed by atoms with E-state index in [2.05, 4.69) is 5.32 Å². The van der Waals surface area contributed by atoms with Crippen LogP contribution in [0.3, 0.4) is 0 Å². The van der Waals surface area contributed by atoms with E-state index in [1.807, 2.05) is 13.0 Å². The molecule has 1 saturated heterocycles. The number of ether oxygens (including phenoxy) is 1. The van der Waals surface area contributed by atoms with Crippen LogP contribution in [0.5, 0.6) is 0 Å². The Bertz CT molecular complexity index is 402. The minimum absolute atomic E-state index is 0.109. The highest BCUT2D eigenvalue weighted by atomic mass is 16.6. The van der Waals surface area contributed by atoms with Crippen LogP contribution in [0.25, 0.3) is 0 Å². The SMILES string of the molecule is CC1(OCc2cccc([N+](=O)[O-])c2)CNC1. The molecule has 0 unspecified atom stereocenters. The van der Waals surface area contributed by atoms with E-state index in [1.54, 1.807) is 12.1 Å². The normalized spacial score (nSPS) is 17.8. The van der Waals surface area contributed by atoms with Gasteiger partial charge in [-0.2, -0.15) is 0 Å². The van der Waals surface area contributed by atoms with Crippen molar-refractivity contribution in [3.63, 3.8) is 0 Å². The molecule has 5 nitrogen and oxygen atoms in total. The van der Waals surface area contributed by atoms with E-state index in [0.717, 1.165) is 18.7 Å². The lowest BCUT2D eigenvalue weighted by atomic mass is 10.00. The molecule has 0 atom stereocenters. The molecule has 0 spiro atoms. The lowest BCUT2D eigenvalue weighted by Crippen LogP contribution is -2.58. The first-order valence-electron chi connectivity index (χ1n) is 5.17. The predicted octanol–water partition coefficient (Wildman–Crippen LogP) is 1.47. The number of benzene rings is 1. The molecule has 1 N–H and O–H groups in total. The van der Waals surface area contributed by atoms with Gasteiger partial charge < -0.3 is 10.1 Å². The number of hydrogen-bond donors (Lipinski definition) is 1. The summed E-state index contributed by atoms with van der Waals surface area (Å²) in [5, 5.41) is 13.7. The molecule has 86 valence electrons. The van der Waals surface area contributed by atoms with Crippen molar-refractivity contribution in [2.24, 2.45) is 0 Å². The molecular formula is C11H14N2O3. The van der Waals surface area contributed by atoms with Crippen LogP contribution < -0.4 is 5.32 Å². The molecule has 0 saturated carbocycles. The van der Waals surface area contributed by atoms with Crippen molar-refractivity contribution in [1.29, 1.82) is 0 Å². The van der Waals surface area contributed by atoms with Crippen LogP contribution in [0, 0.1) is 10.1 Å². The molecule has 1 aliphatic heterocycles. The van der Waals surface area contributed by atoms with E-state index in [0.29, 0.717) is 6.61 Å². The molecule has 1 aliphatic rings. The highest BCUT2D eigenvalue weighted by Gasteiger charge is 2.32. The van der Waals surface area contributed by atoms with E-state index in [1.165, 1.54) is 6.07 Å². The van der Waals surface area contributed by atoms with Crippen LogP contribution >= 0.6 is 0 Å². The summed E-state index contributed by atoms with van der Waals surface area (Å²) in [4.78, 5) is 10.2. The molecule has 0 aliphatic carbocycles. The lowest BCUT2D eigenvalue weighted by molar-refractivity contribution is -0.385. The van der Waals surface area contributed by atoms with Crippen molar-refractivity contribution in [3.8, 4) is 0 Å². The Kier molecular flexibility index (Phi) is 2.89. The zero-order valence-electron chi connectivity index (χ0n) is 9.10. The second-order valence-electron chi connectivity index (χ2n) is 4.27. The first kappa shape index (κ1) is 11.0. The van der Waals surface area contributed by atoms with Crippen molar-refractivity contribution < 1.29 is 9.66 Å². The first-order chi connectivity index (χ1) is 7.59. The Morgan fingerprint density at radius 2 is 2.31 bits per heavy atom. The Morgan fingerprint density at radius 1 is 1.56 bits per heavy atom. The molecule has 0 amide bonds. The quantitative estimate of drug-likeness (QED) is 0.619. The molecule has 2 rings (SSSR count). The third kappa shape index (κ3) is 2.37. The van der Waals surface area contributed by atoms with Gasteiger partial charge in [-0.3, -0.25) is 10.1 Å². The van der Waals surface area contributed by atoms with Crippen molar-refractivity contribution in [2.75, 3.05) is 13.1 Å². The maximum Gasteiger partial charge on any atom is 0.269 e. The first-order valence-corrected chi connectivity index (χ1v) is 5.17. The van der Waals surface area contributed by atoms with Crippen LogP contribution in [0.2, 0.25) is 0 Å². The summed E-state index contributed by atoms with van der Waals surface area (Å²) < 4.78 is 5.70. The molecule has 16 heavy (non-hydrogen) atoms. The van der Waals surface area contributed by atoms with Gasteiger partial charge >= 0.3 is 0 Å². The zero-order chi connectivity index (χ0) is 11.6. The second kappa shape index (κ2) is 4.19. The lowest BCUT2D eigenvalue weighted by Gasteiger charge is -2.39. The van der Waals surface area contributed by atoms with Gasteiger partial charge in [-0.1, -0.05) is 12.1 Å². The molecule has 1 aromatic carbocycles. The Labute approximate surface area is 93.6 Å². The van der Waals surface area contributed by atoms with Crippen LogP contribution in [-0.4, -0.2) is 23.6 Å². The molecule has 1 fully saturated rings. The third-order valence-electron chi connectivity index (χ3n) is 2.71. The fourth-order valence-electron chi connectivity index (χ4n) is 1.60. The molecule has 1 heterocycles. The van der Waals surface area contributed by atoms with Gasteiger partial charge in [0.1, 0.15) is 0 Å². The highest BCUT2D eigenvalue weighted by Crippen LogP contribution is 2.19. The maximum atomic E-state index is 10.6. The second-order valence-corrected chi connectivity index (χ2v) is 4.27. The number of nitrogens with one attached hydrogen (secondary N) is 1. The van der Waals surface area contributed by atoms with E-state index in [-0.39, 0.29) is 11.3 Å². The number of rotatable bonds is 4. The van der Waals surface area contributed by atoms with Crippen molar-refractivity contribution in [3.05, 3.63) is 39.9 Å². The minimum atomic E-state index is -0.393. The zero-order valence-corrected chi connectivity index (χ0v) is 9.10. The van der Waals surface area contributed by atoms with Crippen LogP contribution in [0.1, 0.15) is 12.5 Å². The fourth-order valence-corrected chi connectivity index (χ4v) is 1.60. The maximum absolute atomic E-state index is 10.6. The topological polar surface area (TPSA) is 64.4 Å². The number of nitro benzene ring substituents is 1. The fraction of sp³-hybridized carbons (Fsp3) is 0.455. The van der Waals surface area contributed by atoms with Gasteiger partial charge in [-0.25, -0.2) is 0 Å². The van der Waals surface area contributed by atoms with Crippen molar-refractivity contribution >= 4 is 5.69 Å². The number of non-ortho nitro benzene ring substituents is 1. The van der Waals surface area contributed by atoms with Gasteiger partial charge in [0.15, 0.2) is 0 Å². The standard InChI is InChI=1S/C11H14N2O3/c1-11(7-12-8-11)16-6-9-3-2-4-10(5-9)13(14)15/h2-5,12H,6-8H2,1H3. The van der Waals surface area contributed by atoms with Gasteiger partial charge in [0.2, 0.25) is 0 Å².